The molecule has 0 aliphatic rings. The molecule has 0 heterocycles. The van der Waals surface area contributed by atoms with Gasteiger partial charge in [0.1, 0.15) is 0 Å². The maximum absolute atomic E-state index is 12.6. The minimum Gasteiger partial charge on any atom is -0.375 e. The van der Waals surface area contributed by atoms with Gasteiger partial charge in [0, 0.05) is 24.6 Å². The molecule has 1 atom stereocenters. The van der Waals surface area contributed by atoms with Gasteiger partial charge in [-0.1, -0.05) is 13.5 Å². The third-order valence-corrected chi connectivity index (χ3v) is 8.67. The van der Waals surface area contributed by atoms with Crippen molar-refractivity contribution in [3.05, 3.63) is 12.0 Å². The zero-order valence-electron chi connectivity index (χ0n) is 17.2. The van der Waals surface area contributed by atoms with E-state index in [0.29, 0.717) is 25.4 Å². The molecule has 26 heavy (non-hydrogen) atoms. The Bertz CT molecular complexity index is 636. The van der Waals surface area contributed by atoms with Crippen molar-refractivity contribution in [3.63, 3.8) is 0 Å². The van der Waals surface area contributed by atoms with Gasteiger partial charge in [0.2, 0.25) is 0 Å². The van der Waals surface area contributed by atoms with Crippen LogP contribution in [0.25, 0.3) is 0 Å². The number of ether oxygens (including phenoxy) is 1. The molecular weight excluding hydrogens is 374 g/mol. The molecule has 0 saturated carbocycles. The molecule has 0 amide bonds. The Morgan fingerprint density at radius 1 is 1.08 bits per heavy atom. The topological polar surface area (TPSA) is 89.5 Å². The molecule has 0 aromatic carbocycles. The summed E-state index contributed by atoms with van der Waals surface area (Å²) in [5.41, 5.74) is -0.645. The smallest absolute Gasteiger partial charge is 0.171 e. The minimum absolute atomic E-state index is 0.0352. The molecule has 1 unspecified atom stereocenters. The average molecular weight is 412 g/mol. The summed E-state index contributed by atoms with van der Waals surface area (Å²) in [4.78, 5) is 0. The molecule has 0 radical (unpaired) electrons. The largest absolute Gasteiger partial charge is 0.375 e. The standard InChI is InChI=1S/C18H37NO5S2/c1-8-16(3)19-12-15-26(22,23)18(6,7)10-13-24-17(4,5)11-14-25(20,21)9-2/h9,16,19H,2,8,10-15H2,1,3-7H3. The Morgan fingerprint density at radius 3 is 2.15 bits per heavy atom. The van der Waals surface area contributed by atoms with Gasteiger partial charge in [-0.2, -0.15) is 0 Å². The highest BCUT2D eigenvalue weighted by molar-refractivity contribution is 7.94. The molecule has 0 bridgehead atoms. The van der Waals surface area contributed by atoms with Crippen molar-refractivity contribution in [2.45, 2.75) is 77.2 Å². The van der Waals surface area contributed by atoms with E-state index in [9.17, 15) is 16.8 Å². The van der Waals surface area contributed by atoms with Crippen LogP contribution in [0.3, 0.4) is 0 Å². The Balaban J connectivity index is 4.55. The quantitative estimate of drug-likeness (QED) is 0.473. The lowest BCUT2D eigenvalue weighted by Crippen LogP contribution is -2.40. The molecule has 0 rings (SSSR count). The monoisotopic (exact) mass is 411 g/mol. The summed E-state index contributed by atoms with van der Waals surface area (Å²) in [6.45, 7) is 15.1. The predicted octanol–water partition coefficient (Wildman–Crippen LogP) is 2.70. The van der Waals surface area contributed by atoms with E-state index in [1.807, 2.05) is 20.8 Å². The van der Waals surface area contributed by atoms with Gasteiger partial charge in [-0.25, -0.2) is 16.8 Å². The SMILES string of the molecule is C=CS(=O)(=O)CCC(C)(C)OCCC(C)(C)S(=O)(=O)CCNC(C)CC. The normalized spacial score (nSPS) is 15.0. The second kappa shape index (κ2) is 10.2. The molecule has 156 valence electrons. The molecule has 0 spiro atoms. The molecular formula is C18H37NO5S2. The lowest BCUT2D eigenvalue weighted by atomic mass is 10.1. The van der Waals surface area contributed by atoms with Crippen molar-refractivity contribution in [3.8, 4) is 0 Å². The van der Waals surface area contributed by atoms with E-state index in [4.69, 9.17) is 4.74 Å². The van der Waals surface area contributed by atoms with Crippen LogP contribution >= 0.6 is 0 Å². The highest BCUT2D eigenvalue weighted by Crippen LogP contribution is 2.24. The molecule has 0 fully saturated rings. The lowest BCUT2D eigenvalue weighted by Gasteiger charge is -2.29. The first-order chi connectivity index (χ1) is 11.7. The van der Waals surface area contributed by atoms with Crippen LogP contribution in [0.4, 0.5) is 0 Å². The summed E-state index contributed by atoms with van der Waals surface area (Å²) in [5, 5.41) is 4.15. The van der Waals surface area contributed by atoms with Gasteiger partial charge in [-0.3, -0.25) is 0 Å². The van der Waals surface area contributed by atoms with Crippen LogP contribution in [0.15, 0.2) is 12.0 Å². The van der Waals surface area contributed by atoms with Crippen LogP contribution in [-0.2, 0) is 24.4 Å². The molecule has 0 aliphatic heterocycles. The third-order valence-electron chi connectivity index (χ3n) is 4.76. The van der Waals surface area contributed by atoms with Crippen LogP contribution < -0.4 is 5.32 Å². The number of rotatable bonds is 14. The number of hydrogen-bond acceptors (Lipinski definition) is 6. The van der Waals surface area contributed by atoms with Crippen molar-refractivity contribution in [1.82, 2.24) is 5.32 Å². The summed E-state index contributed by atoms with van der Waals surface area (Å²) in [6.07, 6.45) is 1.64. The third kappa shape index (κ3) is 9.48. The van der Waals surface area contributed by atoms with E-state index in [0.717, 1.165) is 11.8 Å². The average Bonchev–Trinajstić information content (AvgIpc) is 2.52. The Labute approximate surface area is 160 Å². The van der Waals surface area contributed by atoms with Gasteiger partial charge < -0.3 is 10.1 Å². The summed E-state index contributed by atoms with van der Waals surface area (Å²) in [5.74, 6) is 0.0534. The van der Waals surface area contributed by atoms with Crippen LogP contribution in [0.2, 0.25) is 0 Å². The second-order valence-electron chi connectivity index (χ2n) is 7.98. The van der Waals surface area contributed by atoms with E-state index < -0.39 is 30.0 Å². The first kappa shape index (κ1) is 25.6. The van der Waals surface area contributed by atoms with Crippen LogP contribution in [0.5, 0.6) is 0 Å². The molecule has 1 N–H and O–H groups in total. The lowest BCUT2D eigenvalue weighted by molar-refractivity contribution is -0.0227. The van der Waals surface area contributed by atoms with Crippen LogP contribution in [0, 0.1) is 0 Å². The maximum atomic E-state index is 12.6. The maximum Gasteiger partial charge on any atom is 0.171 e. The van der Waals surface area contributed by atoms with Crippen LogP contribution in [0.1, 0.15) is 60.8 Å². The fourth-order valence-corrected chi connectivity index (χ4v) is 4.41. The highest BCUT2D eigenvalue weighted by atomic mass is 32.2. The minimum atomic E-state index is -3.27. The zero-order chi connectivity index (χ0) is 20.6. The van der Waals surface area contributed by atoms with Crippen LogP contribution in [-0.4, -0.2) is 57.9 Å². The van der Waals surface area contributed by atoms with Gasteiger partial charge in [0.05, 0.1) is 21.9 Å². The summed E-state index contributed by atoms with van der Waals surface area (Å²) >= 11 is 0. The summed E-state index contributed by atoms with van der Waals surface area (Å²) in [6, 6.07) is 0.296. The van der Waals surface area contributed by atoms with Crippen molar-refractivity contribution < 1.29 is 21.6 Å². The van der Waals surface area contributed by atoms with Gasteiger partial charge in [-0.15, -0.1) is 0 Å². The van der Waals surface area contributed by atoms with Crippen molar-refractivity contribution >= 4 is 19.7 Å². The van der Waals surface area contributed by atoms with Crippen molar-refractivity contribution in [1.29, 1.82) is 0 Å². The molecule has 6 nitrogen and oxygen atoms in total. The van der Waals surface area contributed by atoms with E-state index in [1.165, 1.54) is 0 Å². The molecule has 0 aromatic heterocycles. The van der Waals surface area contributed by atoms with Gasteiger partial charge in [0.25, 0.3) is 0 Å². The Kier molecular flexibility index (Phi) is 10.0. The highest BCUT2D eigenvalue weighted by Gasteiger charge is 2.34. The molecule has 0 aliphatic carbocycles. The number of sulfone groups is 2. The summed E-state index contributed by atoms with van der Waals surface area (Å²) in [7, 11) is -6.54. The first-order valence-corrected chi connectivity index (χ1v) is 12.5. The van der Waals surface area contributed by atoms with E-state index >= 15 is 0 Å². The van der Waals surface area contributed by atoms with E-state index in [-0.39, 0.29) is 18.1 Å². The van der Waals surface area contributed by atoms with Crippen molar-refractivity contribution in [2.24, 2.45) is 0 Å². The van der Waals surface area contributed by atoms with E-state index in [1.54, 1.807) is 13.8 Å². The fourth-order valence-electron chi connectivity index (χ4n) is 2.13. The molecule has 0 saturated heterocycles. The second-order valence-corrected chi connectivity index (χ2v) is 12.8. The first-order valence-electron chi connectivity index (χ1n) is 9.13. The Hall–Kier alpha value is -0.440. The molecule has 8 heteroatoms. The van der Waals surface area contributed by atoms with Gasteiger partial charge >= 0.3 is 0 Å². The van der Waals surface area contributed by atoms with E-state index in [2.05, 4.69) is 18.8 Å². The molecule has 0 aromatic rings. The van der Waals surface area contributed by atoms with Gasteiger partial charge in [0.15, 0.2) is 19.7 Å². The fraction of sp³-hybridized carbons (Fsp3) is 0.889. The Morgan fingerprint density at radius 2 is 1.65 bits per heavy atom. The van der Waals surface area contributed by atoms with Crippen molar-refractivity contribution in [2.75, 3.05) is 24.7 Å². The van der Waals surface area contributed by atoms with Gasteiger partial charge in [-0.05, 0) is 53.9 Å². The zero-order valence-corrected chi connectivity index (χ0v) is 18.8. The number of nitrogens with one attached hydrogen (secondary N) is 1. The number of hydrogen-bond donors (Lipinski definition) is 1. The predicted molar refractivity (Wildman–Crippen MR) is 109 cm³/mol. The summed E-state index contributed by atoms with van der Waals surface area (Å²) < 4.78 is 53.1.